The smallest absolute Gasteiger partial charge is 0.157 e. The molecule has 0 amide bonds. The van der Waals surface area contributed by atoms with Crippen LogP contribution in [0.2, 0.25) is 10.3 Å². The molecule has 0 aliphatic rings. The maximum absolute atomic E-state index is 5.98. The summed E-state index contributed by atoms with van der Waals surface area (Å²) in [6.45, 7) is 2.12. The van der Waals surface area contributed by atoms with Crippen molar-refractivity contribution in [1.29, 1.82) is 0 Å². The number of hydrogen-bond acceptors (Lipinski definition) is 2. The van der Waals surface area contributed by atoms with Gasteiger partial charge in [-0.2, -0.15) is 0 Å². The summed E-state index contributed by atoms with van der Waals surface area (Å²) in [7, 11) is 0. The fraction of sp³-hybridized carbons (Fsp3) is 0.167. The molecule has 16 heavy (non-hydrogen) atoms. The first-order valence-corrected chi connectivity index (χ1v) is 5.73. The van der Waals surface area contributed by atoms with E-state index in [2.05, 4.69) is 29.0 Å². The van der Waals surface area contributed by atoms with Crippen molar-refractivity contribution in [1.82, 2.24) is 9.97 Å². The van der Waals surface area contributed by atoms with Gasteiger partial charge >= 0.3 is 0 Å². The van der Waals surface area contributed by atoms with Crippen LogP contribution in [0.15, 0.2) is 30.5 Å². The second-order valence-corrected chi connectivity index (χ2v) is 4.13. The number of aromatic nitrogens is 2. The molecule has 2 aromatic rings. The third-order valence-corrected chi connectivity index (χ3v) is 2.78. The lowest BCUT2D eigenvalue weighted by molar-refractivity contribution is 1.14. The van der Waals surface area contributed by atoms with Crippen LogP contribution in [-0.2, 0) is 6.42 Å². The molecule has 0 fully saturated rings. The second kappa shape index (κ2) is 4.81. The largest absolute Gasteiger partial charge is 0.250 e. The average Bonchev–Trinajstić information content (AvgIpc) is 2.29. The van der Waals surface area contributed by atoms with E-state index in [9.17, 15) is 0 Å². The van der Waals surface area contributed by atoms with Crippen molar-refractivity contribution in [3.63, 3.8) is 0 Å². The van der Waals surface area contributed by atoms with Crippen molar-refractivity contribution in [2.24, 2.45) is 0 Å². The van der Waals surface area contributed by atoms with E-state index in [0.717, 1.165) is 12.0 Å². The number of halogens is 2. The van der Waals surface area contributed by atoms with E-state index < -0.39 is 0 Å². The van der Waals surface area contributed by atoms with E-state index in [0.29, 0.717) is 16.0 Å². The standard InChI is InChI=1S/C12H10Cl2N2/c1-2-8-3-5-9(6-4-8)11-12(14)16-10(13)7-15-11/h3-7H,2H2,1H3. The van der Waals surface area contributed by atoms with Crippen molar-refractivity contribution in [3.05, 3.63) is 46.3 Å². The van der Waals surface area contributed by atoms with Gasteiger partial charge in [-0.1, -0.05) is 54.4 Å². The number of aryl methyl sites for hydroxylation is 1. The molecule has 0 N–H and O–H groups in total. The molecule has 4 heteroatoms. The molecule has 0 unspecified atom stereocenters. The molecule has 0 saturated heterocycles. The van der Waals surface area contributed by atoms with Crippen LogP contribution in [0.25, 0.3) is 11.3 Å². The van der Waals surface area contributed by atoms with E-state index in [1.54, 1.807) is 0 Å². The van der Waals surface area contributed by atoms with E-state index in [1.165, 1.54) is 11.8 Å². The molecule has 0 bridgehead atoms. The highest BCUT2D eigenvalue weighted by Crippen LogP contribution is 2.25. The van der Waals surface area contributed by atoms with Crippen LogP contribution in [0.3, 0.4) is 0 Å². The lowest BCUT2D eigenvalue weighted by atomic mass is 10.1. The minimum atomic E-state index is 0.305. The number of nitrogens with zero attached hydrogens (tertiary/aromatic N) is 2. The van der Waals surface area contributed by atoms with Gasteiger partial charge in [0.25, 0.3) is 0 Å². The van der Waals surface area contributed by atoms with Crippen molar-refractivity contribution >= 4 is 23.2 Å². The monoisotopic (exact) mass is 252 g/mol. The lowest BCUT2D eigenvalue weighted by Crippen LogP contribution is -1.89. The molecule has 1 aromatic heterocycles. The lowest BCUT2D eigenvalue weighted by Gasteiger charge is -2.04. The number of hydrogen-bond donors (Lipinski definition) is 0. The van der Waals surface area contributed by atoms with Crippen LogP contribution in [0, 0.1) is 0 Å². The summed E-state index contributed by atoms with van der Waals surface area (Å²) in [5.41, 5.74) is 2.89. The molecule has 1 heterocycles. The van der Waals surface area contributed by atoms with Crippen LogP contribution in [0.5, 0.6) is 0 Å². The second-order valence-electron chi connectivity index (χ2n) is 3.38. The summed E-state index contributed by atoms with van der Waals surface area (Å²) >= 11 is 11.7. The Hall–Kier alpha value is -1.12. The van der Waals surface area contributed by atoms with Gasteiger partial charge in [0, 0.05) is 5.56 Å². The summed E-state index contributed by atoms with van der Waals surface area (Å²) in [6.07, 6.45) is 2.51. The summed E-state index contributed by atoms with van der Waals surface area (Å²) in [4.78, 5) is 8.14. The minimum Gasteiger partial charge on any atom is -0.250 e. The predicted molar refractivity (Wildman–Crippen MR) is 66.9 cm³/mol. The third kappa shape index (κ3) is 2.34. The molecule has 0 saturated carbocycles. The SMILES string of the molecule is CCc1ccc(-c2ncc(Cl)nc2Cl)cc1. The van der Waals surface area contributed by atoms with Crippen molar-refractivity contribution in [3.8, 4) is 11.3 Å². The summed E-state index contributed by atoms with van der Waals surface area (Å²) in [5, 5.41) is 0.635. The first-order valence-electron chi connectivity index (χ1n) is 4.98. The maximum Gasteiger partial charge on any atom is 0.157 e. The van der Waals surface area contributed by atoms with Gasteiger partial charge in [-0.25, -0.2) is 9.97 Å². The highest BCUT2D eigenvalue weighted by atomic mass is 35.5. The summed E-state index contributed by atoms with van der Waals surface area (Å²) in [5.74, 6) is 0. The molecule has 0 atom stereocenters. The van der Waals surface area contributed by atoms with Gasteiger partial charge in [0.05, 0.1) is 6.20 Å². The molecule has 2 nitrogen and oxygen atoms in total. The number of rotatable bonds is 2. The third-order valence-electron chi connectivity index (χ3n) is 2.34. The zero-order chi connectivity index (χ0) is 11.5. The Morgan fingerprint density at radius 1 is 1.12 bits per heavy atom. The Kier molecular flexibility index (Phi) is 3.42. The fourth-order valence-electron chi connectivity index (χ4n) is 1.44. The van der Waals surface area contributed by atoms with Crippen LogP contribution in [0.4, 0.5) is 0 Å². The Labute approximate surface area is 104 Å². The molecule has 1 aromatic carbocycles. The quantitative estimate of drug-likeness (QED) is 0.807. The van der Waals surface area contributed by atoms with Gasteiger partial charge < -0.3 is 0 Å². The maximum atomic E-state index is 5.98. The van der Waals surface area contributed by atoms with Gasteiger partial charge in [0.2, 0.25) is 0 Å². The molecule has 0 radical (unpaired) electrons. The first kappa shape index (κ1) is 11.4. The molecule has 2 rings (SSSR count). The average molecular weight is 253 g/mol. The molecule has 0 spiro atoms. The Bertz CT molecular complexity index is 495. The summed E-state index contributed by atoms with van der Waals surface area (Å²) < 4.78 is 0. The van der Waals surface area contributed by atoms with Crippen LogP contribution in [0.1, 0.15) is 12.5 Å². The molecular formula is C12H10Cl2N2. The van der Waals surface area contributed by atoms with Crippen LogP contribution >= 0.6 is 23.2 Å². The Morgan fingerprint density at radius 2 is 1.81 bits per heavy atom. The first-order chi connectivity index (χ1) is 7.70. The molecule has 0 aliphatic carbocycles. The van der Waals surface area contributed by atoms with E-state index in [1.807, 2.05) is 12.1 Å². The Morgan fingerprint density at radius 3 is 2.38 bits per heavy atom. The van der Waals surface area contributed by atoms with Gasteiger partial charge in [-0.3, -0.25) is 0 Å². The molecular weight excluding hydrogens is 243 g/mol. The number of benzene rings is 1. The predicted octanol–water partition coefficient (Wildman–Crippen LogP) is 4.01. The molecule has 0 aliphatic heterocycles. The minimum absolute atomic E-state index is 0.305. The van der Waals surface area contributed by atoms with E-state index in [-0.39, 0.29) is 0 Å². The normalized spacial score (nSPS) is 10.4. The van der Waals surface area contributed by atoms with Gasteiger partial charge in [0.15, 0.2) is 5.15 Å². The van der Waals surface area contributed by atoms with Crippen LogP contribution in [-0.4, -0.2) is 9.97 Å². The zero-order valence-corrected chi connectivity index (χ0v) is 10.3. The van der Waals surface area contributed by atoms with Gasteiger partial charge in [-0.15, -0.1) is 0 Å². The van der Waals surface area contributed by atoms with E-state index >= 15 is 0 Å². The zero-order valence-electron chi connectivity index (χ0n) is 8.74. The van der Waals surface area contributed by atoms with E-state index in [4.69, 9.17) is 23.2 Å². The summed E-state index contributed by atoms with van der Waals surface area (Å²) in [6, 6.07) is 8.09. The fourth-order valence-corrected chi connectivity index (χ4v) is 1.86. The molecule has 82 valence electrons. The van der Waals surface area contributed by atoms with Crippen molar-refractivity contribution < 1.29 is 0 Å². The highest BCUT2D eigenvalue weighted by Gasteiger charge is 2.06. The highest BCUT2D eigenvalue weighted by molar-refractivity contribution is 6.33. The van der Waals surface area contributed by atoms with Gasteiger partial charge in [-0.05, 0) is 12.0 Å². The topological polar surface area (TPSA) is 25.8 Å². The van der Waals surface area contributed by atoms with Crippen LogP contribution < -0.4 is 0 Å². The Balaban J connectivity index is 2.42. The van der Waals surface area contributed by atoms with Gasteiger partial charge in [0.1, 0.15) is 10.8 Å². The van der Waals surface area contributed by atoms with Crippen molar-refractivity contribution in [2.75, 3.05) is 0 Å². The van der Waals surface area contributed by atoms with Crippen molar-refractivity contribution in [2.45, 2.75) is 13.3 Å².